The number of nitrogens with zero attached hydrogens (tertiary/aromatic N) is 3. The molecule has 1 fully saturated rings. The summed E-state index contributed by atoms with van der Waals surface area (Å²) in [5.74, 6) is -0.320. The molecule has 0 N–H and O–H groups in total. The third-order valence-corrected chi connectivity index (χ3v) is 7.61. The first-order chi connectivity index (χ1) is 15.3. The molecule has 10 heteroatoms. The second-order valence-electron chi connectivity index (χ2n) is 7.97. The molecule has 0 aliphatic carbocycles. The second kappa shape index (κ2) is 8.87. The van der Waals surface area contributed by atoms with Crippen LogP contribution in [0.3, 0.4) is 0 Å². The topological polar surface area (TPSA) is 116 Å². The van der Waals surface area contributed by atoms with E-state index in [-0.39, 0.29) is 23.8 Å². The van der Waals surface area contributed by atoms with Crippen LogP contribution in [-0.4, -0.2) is 41.9 Å². The number of sulfonamides is 1. The number of hydrogen-bond donors (Lipinski definition) is 0. The first kappa shape index (κ1) is 22.2. The summed E-state index contributed by atoms with van der Waals surface area (Å²) in [5, 5.41) is 3.73. The molecule has 3 aromatic rings. The van der Waals surface area contributed by atoms with Crippen LogP contribution in [0.5, 0.6) is 0 Å². The monoisotopic (exact) mass is 459 g/mol. The SMILES string of the molecule is Cc1ccc(-c2nc(COC(=O)C3CCCN(S(=O)(=O)c4c(C)noc4C)C3)co2)cc1. The number of oxazole rings is 1. The third kappa shape index (κ3) is 4.46. The normalized spacial score (nSPS) is 17.4. The molecular formula is C22H25N3O6S. The van der Waals surface area contributed by atoms with Gasteiger partial charge in [-0.25, -0.2) is 13.4 Å². The van der Waals surface area contributed by atoms with Crippen molar-refractivity contribution in [3.63, 3.8) is 0 Å². The summed E-state index contributed by atoms with van der Waals surface area (Å²) < 4.78 is 43.3. The molecule has 1 saturated heterocycles. The van der Waals surface area contributed by atoms with Crippen LogP contribution in [0.25, 0.3) is 11.5 Å². The average Bonchev–Trinajstić information content (AvgIpc) is 3.39. The lowest BCUT2D eigenvalue weighted by Gasteiger charge is -2.30. The van der Waals surface area contributed by atoms with Gasteiger partial charge in [0.1, 0.15) is 29.2 Å². The van der Waals surface area contributed by atoms with Gasteiger partial charge in [-0.3, -0.25) is 4.79 Å². The van der Waals surface area contributed by atoms with E-state index < -0.39 is 21.9 Å². The Morgan fingerprint density at radius 1 is 1.22 bits per heavy atom. The fourth-order valence-corrected chi connectivity index (χ4v) is 5.60. The molecule has 0 bridgehead atoms. The molecule has 0 spiro atoms. The van der Waals surface area contributed by atoms with Crippen molar-refractivity contribution in [1.82, 2.24) is 14.4 Å². The molecule has 0 radical (unpaired) electrons. The zero-order valence-corrected chi connectivity index (χ0v) is 19.0. The van der Waals surface area contributed by atoms with Crippen molar-refractivity contribution in [1.29, 1.82) is 0 Å². The summed E-state index contributed by atoms with van der Waals surface area (Å²) in [6.45, 7) is 5.49. The van der Waals surface area contributed by atoms with E-state index in [0.29, 0.717) is 36.7 Å². The van der Waals surface area contributed by atoms with Crippen LogP contribution in [-0.2, 0) is 26.2 Å². The third-order valence-electron chi connectivity index (χ3n) is 5.50. The van der Waals surface area contributed by atoms with E-state index in [4.69, 9.17) is 13.7 Å². The molecule has 9 nitrogen and oxygen atoms in total. The lowest BCUT2D eigenvalue weighted by Crippen LogP contribution is -2.43. The second-order valence-corrected chi connectivity index (χ2v) is 9.85. The van der Waals surface area contributed by atoms with Crippen LogP contribution in [0.2, 0.25) is 0 Å². The quantitative estimate of drug-likeness (QED) is 0.515. The van der Waals surface area contributed by atoms with Crippen LogP contribution in [0.15, 0.2) is 44.4 Å². The molecule has 3 heterocycles. The molecule has 2 aromatic heterocycles. The number of carbonyl (C=O) groups is 1. The number of hydrogen-bond acceptors (Lipinski definition) is 8. The smallest absolute Gasteiger partial charge is 0.310 e. The van der Waals surface area contributed by atoms with Gasteiger partial charge in [-0.15, -0.1) is 0 Å². The highest BCUT2D eigenvalue weighted by Crippen LogP contribution is 2.28. The molecule has 170 valence electrons. The van der Waals surface area contributed by atoms with E-state index in [1.54, 1.807) is 13.8 Å². The Labute approximate surface area is 186 Å². The molecule has 32 heavy (non-hydrogen) atoms. The van der Waals surface area contributed by atoms with Crippen LogP contribution in [0.4, 0.5) is 0 Å². The van der Waals surface area contributed by atoms with E-state index in [9.17, 15) is 13.2 Å². The van der Waals surface area contributed by atoms with Crippen molar-refractivity contribution in [2.45, 2.75) is 45.1 Å². The number of carbonyl (C=O) groups excluding carboxylic acids is 1. The van der Waals surface area contributed by atoms with E-state index in [2.05, 4.69) is 10.1 Å². The van der Waals surface area contributed by atoms with E-state index in [1.165, 1.54) is 10.6 Å². The van der Waals surface area contributed by atoms with Crippen molar-refractivity contribution >= 4 is 16.0 Å². The lowest BCUT2D eigenvalue weighted by atomic mass is 10.00. The zero-order chi connectivity index (χ0) is 22.9. The van der Waals surface area contributed by atoms with Crippen LogP contribution in [0, 0.1) is 26.7 Å². The van der Waals surface area contributed by atoms with Gasteiger partial charge < -0.3 is 13.7 Å². The Hall–Kier alpha value is -2.98. The van der Waals surface area contributed by atoms with Crippen molar-refractivity contribution in [3.8, 4) is 11.5 Å². The van der Waals surface area contributed by atoms with Gasteiger partial charge >= 0.3 is 5.97 Å². The Morgan fingerprint density at radius 3 is 2.66 bits per heavy atom. The first-order valence-corrected chi connectivity index (χ1v) is 11.8. The van der Waals surface area contributed by atoms with E-state index in [0.717, 1.165) is 11.1 Å². The fraction of sp³-hybridized carbons (Fsp3) is 0.409. The zero-order valence-electron chi connectivity index (χ0n) is 18.2. The standard InChI is InChI=1S/C22H25N3O6S/c1-14-6-8-17(9-7-14)21-23-19(12-29-21)13-30-22(26)18-5-4-10-25(11-18)32(27,28)20-15(2)24-31-16(20)3/h6-9,12,18H,4-5,10-11,13H2,1-3H3. The van der Waals surface area contributed by atoms with Crippen LogP contribution in [0.1, 0.15) is 35.6 Å². The molecule has 1 aliphatic rings. The molecule has 0 amide bonds. The molecule has 1 aromatic carbocycles. The van der Waals surface area contributed by atoms with Gasteiger partial charge in [0.15, 0.2) is 5.76 Å². The Balaban J connectivity index is 1.38. The summed E-state index contributed by atoms with van der Waals surface area (Å²) in [7, 11) is -3.80. The van der Waals surface area contributed by atoms with Crippen LogP contribution >= 0.6 is 0 Å². The van der Waals surface area contributed by atoms with Gasteiger partial charge in [-0.2, -0.15) is 4.31 Å². The first-order valence-electron chi connectivity index (χ1n) is 10.4. The highest BCUT2D eigenvalue weighted by atomic mass is 32.2. The maximum absolute atomic E-state index is 13.0. The number of aromatic nitrogens is 2. The highest BCUT2D eigenvalue weighted by Gasteiger charge is 2.37. The molecule has 1 aliphatic heterocycles. The predicted octanol–water partition coefficient (Wildman–Crippen LogP) is 3.40. The lowest BCUT2D eigenvalue weighted by molar-refractivity contribution is -0.151. The minimum atomic E-state index is -3.80. The number of rotatable bonds is 6. The number of aryl methyl sites for hydroxylation is 3. The summed E-state index contributed by atoms with van der Waals surface area (Å²) in [6, 6.07) is 7.75. The fourth-order valence-electron chi connectivity index (χ4n) is 3.79. The van der Waals surface area contributed by atoms with Gasteiger partial charge in [0.05, 0.1) is 5.92 Å². The summed E-state index contributed by atoms with van der Waals surface area (Å²) in [5.41, 5.74) is 2.76. The van der Waals surface area contributed by atoms with Gasteiger partial charge in [-0.1, -0.05) is 22.9 Å². The Kier molecular flexibility index (Phi) is 6.16. The minimum Gasteiger partial charge on any atom is -0.459 e. The Morgan fingerprint density at radius 2 is 1.97 bits per heavy atom. The van der Waals surface area contributed by atoms with Crippen molar-refractivity contribution in [2.75, 3.05) is 13.1 Å². The largest absolute Gasteiger partial charge is 0.459 e. The number of ether oxygens (including phenoxy) is 1. The number of piperidine rings is 1. The molecule has 1 unspecified atom stereocenters. The minimum absolute atomic E-state index is 0.0404. The van der Waals surface area contributed by atoms with Gasteiger partial charge in [0.25, 0.3) is 0 Å². The van der Waals surface area contributed by atoms with Gasteiger partial charge in [0, 0.05) is 18.7 Å². The molecule has 0 saturated carbocycles. The number of benzene rings is 1. The average molecular weight is 460 g/mol. The van der Waals surface area contributed by atoms with Gasteiger partial charge in [0.2, 0.25) is 15.9 Å². The predicted molar refractivity (Wildman–Crippen MR) is 114 cm³/mol. The van der Waals surface area contributed by atoms with Crippen molar-refractivity contribution in [2.24, 2.45) is 5.92 Å². The van der Waals surface area contributed by atoms with Crippen molar-refractivity contribution in [3.05, 3.63) is 53.2 Å². The molecule has 4 rings (SSSR count). The van der Waals surface area contributed by atoms with Crippen LogP contribution < -0.4 is 0 Å². The summed E-state index contributed by atoms with van der Waals surface area (Å²) >= 11 is 0. The maximum Gasteiger partial charge on any atom is 0.310 e. The van der Waals surface area contributed by atoms with E-state index >= 15 is 0 Å². The maximum atomic E-state index is 13.0. The summed E-state index contributed by atoms with van der Waals surface area (Å²) in [6.07, 6.45) is 2.57. The van der Waals surface area contributed by atoms with E-state index in [1.807, 2.05) is 31.2 Å². The number of esters is 1. The van der Waals surface area contributed by atoms with Crippen molar-refractivity contribution < 1.29 is 26.9 Å². The Bertz CT molecular complexity index is 1190. The molecule has 1 atom stereocenters. The van der Waals surface area contributed by atoms with Gasteiger partial charge in [-0.05, 0) is 45.7 Å². The summed E-state index contributed by atoms with van der Waals surface area (Å²) in [4.78, 5) is 17.1. The highest BCUT2D eigenvalue weighted by molar-refractivity contribution is 7.89. The molecular weight excluding hydrogens is 434 g/mol.